The Morgan fingerprint density at radius 1 is 0.783 bits per heavy atom. The largest absolute Gasteiger partial charge is 0.246 e. The summed E-state index contributed by atoms with van der Waals surface area (Å²) in [6.45, 7) is 19.2. The van der Waals surface area contributed by atoms with Crippen LogP contribution >= 0.6 is 22.7 Å². The minimum absolute atomic E-state index is 0.568. The number of aromatic nitrogens is 2. The molecular weight excluding hydrogens is 320 g/mol. The molecule has 0 bridgehead atoms. The maximum absolute atomic E-state index is 4.53. The molecule has 2 rings (SSSR count). The van der Waals surface area contributed by atoms with Crippen molar-refractivity contribution in [3.8, 4) is 0 Å². The maximum atomic E-state index is 4.53. The zero-order chi connectivity index (χ0) is 18.0. The Morgan fingerprint density at radius 3 is 1.52 bits per heavy atom. The van der Waals surface area contributed by atoms with Crippen LogP contribution in [0.5, 0.6) is 0 Å². The van der Waals surface area contributed by atoms with Gasteiger partial charge in [-0.1, -0.05) is 62.3 Å². The lowest BCUT2D eigenvalue weighted by atomic mass is 10.1. The molecule has 2 nitrogen and oxygen atoms in total. The van der Waals surface area contributed by atoms with E-state index in [1.54, 1.807) is 22.7 Å². The fourth-order valence-electron chi connectivity index (χ4n) is 1.58. The van der Waals surface area contributed by atoms with Gasteiger partial charge >= 0.3 is 0 Å². The first-order valence-corrected chi connectivity index (χ1v) is 10.5. The van der Waals surface area contributed by atoms with Crippen LogP contribution in [0.2, 0.25) is 0 Å². The lowest BCUT2D eigenvalue weighted by Gasteiger charge is -1.99. The summed E-state index contributed by atoms with van der Waals surface area (Å²) in [7, 11) is 0. The first-order chi connectivity index (χ1) is 10.8. The third kappa shape index (κ3) is 8.07. The predicted octanol–water partition coefficient (Wildman–Crippen LogP) is 7.25. The minimum Gasteiger partial charge on any atom is -0.246 e. The fraction of sp³-hybridized carbons (Fsp3) is 0.684. The van der Waals surface area contributed by atoms with Crippen LogP contribution in [-0.4, -0.2) is 9.97 Å². The highest BCUT2D eigenvalue weighted by atomic mass is 32.1. The molecule has 0 saturated carbocycles. The third-order valence-corrected chi connectivity index (χ3v) is 5.26. The van der Waals surface area contributed by atoms with Crippen LogP contribution in [0.1, 0.15) is 101 Å². The van der Waals surface area contributed by atoms with Gasteiger partial charge in [0.1, 0.15) is 0 Å². The molecule has 23 heavy (non-hydrogen) atoms. The number of aryl methyl sites for hydroxylation is 1. The van der Waals surface area contributed by atoms with Crippen LogP contribution in [0, 0.1) is 0 Å². The SMILES string of the molecule is CC.CC(C)c1csc(C(C)C)n1.CCc1nc(C(C)C)cs1. The van der Waals surface area contributed by atoms with Gasteiger partial charge in [-0.2, -0.15) is 0 Å². The standard InChI is InChI=1S/C9H15NS.C8H13NS.C2H6/c1-6(2)8-5-11-9(10-8)7(3)4;1-4-8-9-7(5-10-8)6(2)3;1-2/h5-7H,1-4H3;5-6H,4H2,1-3H3;1-2H3. The van der Waals surface area contributed by atoms with E-state index in [1.807, 2.05) is 13.8 Å². The zero-order valence-electron chi connectivity index (χ0n) is 16.3. The van der Waals surface area contributed by atoms with Crippen molar-refractivity contribution in [3.63, 3.8) is 0 Å². The fourth-order valence-corrected chi connectivity index (χ4v) is 3.49. The molecule has 2 heterocycles. The molecule has 2 aromatic heterocycles. The highest BCUT2D eigenvalue weighted by Gasteiger charge is 2.07. The van der Waals surface area contributed by atoms with E-state index < -0.39 is 0 Å². The second-order valence-electron chi connectivity index (χ2n) is 6.09. The topological polar surface area (TPSA) is 25.8 Å². The number of rotatable bonds is 4. The minimum atomic E-state index is 0.568. The van der Waals surface area contributed by atoms with Crippen LogP contribution < -0.4 is 0 Å². The van der Waals surface area contributed by atoms with E-state index in [0.29, 0.717) is 17.8 Å². The van der Waals surface area contributed by atoms with Crippen LogP contribution in [0.4, 0.5) is 0 Å². The highest BCUT2D eigenvalue weighted by molar-refractivity contribution is 7.10. The quantitative estimate of drug-likeness (QED) is 0.578. The van der Waals surface area contributed by atoms with Crippen LogP contribution in [0.3, 0.4) is 0 Å². The molecule has 0 N–H and O–H groups in total. The van der Waals surface area contributed by atoms with Crippen molar-refractivity contribution in [3.05, 3.63) is 32.2 Å². The molecule has 0 aliphatic rings. The Balaban J connectivity index is 0.000000381. The first kappa shape index (κ1) is 22.3. The molecule has 132 valence electrons. The summed E-state index contributed by atoms with van der Waals surface area (Å²) in [6, 6.07) is 0. The molecular formula is C19H34N2S2. The van der Waals surface area contributed by atoms with E-state index in [9.17, 15) is 0 Å². The average molecular weight is 355 g/mol. The van der Waals surface area contributed by atoms with Gasteiger partial charge < -0.3 is 0 Å². The first-order valence-electron chi connectivity index (χ1n) is 8.74. The normalized spacial score (nSPS) is 10.4. The third-order valence-electron chi connectivity index (χ3n) is 3.09. The summed E-state index contributed by atoms with van der Waals surface area (Å²) in [4.78, 5) is 8.97. The van der Waals surface area contributed by atoms with Crippen LogP contribution in [0.25, 0.3) is 0 Å². The number of thiazole rings is 2. The number of hydrogen-bond donors (Lipinski definition) is 0. The molecule has 0 aliphatic heterocycles. The Morgan fingerprint density at radius 2 is 1.26 bits per heavy atom. The summed E-state index contributed by atoms with van der Waals surface area (Å²) in [6.07, 6.45) is 1.07. The van der Waals surface area contributed by atoms with E-state index in [-0.39, 0.29) is 0 Å². The molecule has 0 aromatic carbocycles. The lowest BCUT2D eigenvalue weighted by Crippen LogP contribution is -1.90. The zero-order valence-corrected chi connectivity index (χ0v) is 17.9. The Hall–Kier alpha value is -0.740. The van der Waals surface area contributed by atoms with Gasteiger partial charge in [0.25, 0.3) is 0 Å². The van der Waals surface area contributed by atoms with E-state index >= 15 is 0 Å². The van der Waals surface area contributed by atoms with Gasteiger partial charge in [0, 0.05) is 16.7 Å². The molecule has 4 heteroatoms. The maximum Gasteiger partial charge on any atom is 0.0953 e. The highest BCUT2D eigenvalue weighted by Crippen LogP contribution is 2.23. The Kier molecular flexibility index (Phi) is 11.4. The molecule has 0 saturated heterocycles. The summed E-state index contributed by atoms with van der Waals surface area (Å²) in [5, 5.41) is 6.83. The lowest BCUT2D eigenvalue weighted by molar-refractivity contribution is 0.793. The molecule has 0 amide bonds. The monoisotopic (exact) mass is 354 g/mol. The van der Waals surface area contributed by atoms with E-state index in [2.05, 4.69) is 69.2 Å². The van der Waals surface area contributed by atoms with E-state index in [0.717, 1.165) is 6.42 Å². The van der Waals surface area contributed by atoms with Crippen LogP contribution in [-0.2, 0) is 6.42 Å². The molecule has 0 atom stereocenters. The van der Waals surface area contributed by atoms with Gasteiger partial charge in [-0.15, -0.1) is 22.7 Å². The smallest absolute Gasteiger partial charge is 0.0953 e. The second kappa shape index (κ2) is 11.7. The van der Waals surface area contributed by atoms with Gasteiger partial charge in [-0.05, 0) is 18.3 Å². The second-order valence-corrected chi connectivity index (χ2v) is 7.93. The van der Waals surface area contributed by atoms with Crippen molar-refractivity contribution >= 4 is 22.7 Å². The molecule has 2 aromatic rings. The molecule has 0 unspecified atom stereocenters. The molecule has 0 fully saturated rings. The summed E-state index contributed by atoms with van der Waals surface area (Å²) in [5.74, 6) is 1.72. The summed E-state index contributed by atoms with van der Waals surface area (Å²) < 4.78 is 0. The van der Waals surface area contributed by atoms with Crippen molar-refractivity contribution in [2.45, 2.75) is 86.5 Å². The summed E-state index contributed by atoms with van der Waals surface area (Å²) in [5.41, 5.74) is 2.47. The van der Waals surface area contributed by atoms with Crippen molar-refractivity contribution < 1.29 is 0 Å². The predicted molar refractivity (Wildman–Crippen MR) is 107 cm³/mol. The van der Waals surface area contributed by atoms with Gasteiger partial charge in [0.2, 0.25) is 0 Å². The van der Waals surface area contributed by atoms with E-state index in [1.165, 1.54) is 21.4 Å². The number of hydrogen-bond acceptors (Lipinski definition) is 4. The van der Waals surface area contributed by atoms with Crippen molar-refractivity contribution in [2.75, 3.05) is 0 Å². The van der Waals surface area contributed by atoms with Gasteiger partial charge in [0.05, 0.1) is 21.4 Å². The van der Waals surface area contributed by atoms with E-state index in [4.69, 9.17) is 0 Å². The average Bonchev–Trinajstić information content (AvgIpc) is 3.19. The molecule has 0 spiro atoms. The van der Waals surface area contributed by atoms with Gasteiger partial charge in [-0.25, -0.2) is 9.97 Å². The molecule has 0 aliphatic carbocycles. The van der Waals surface area contributed by atoms with Crippen molar-refractivity contribution in [1.82, 2.24) is 9.97 Å². The molecule has 0 radical (unpaired) electrons. The Bertz CT molecular complexity index is 502. The Labute approximate surface area is 151 Å². The summed E-state index contributed by atoms with van der Waals surface area (Å²) >= 11 is 3.54. The van der Waals surface area contributed by atoms with Gasteiger partial charge in [-0.3, -0.25) is 0 Å². The van der Waals surface area contributed by atoms with Crippen molar-refractivity contribution in [2.24, 2.45) is 0 Å². The number of nitrogens with zero attached hydrogens (tertiary/aromatic N) is 2. The van der Waals surface area contributed by atoms with Gasteiger partial charge in [0.15, 0.2) is 0 Å². The van der Waals surface area contributed by atoms with Crippen molar-refractivity contribution in [1.29, 1.82) is 0 Å². The van der Waals surface area contributed by atoms with Crippen LogP contribution in [0.15, 0.2) is 10.8 Å².